The summed E-state index contributed by atoms with van der Waals surface area (Å²) in [5, 5.41) is 0. The molecule has 6 aliphatic rings. The highest BCUT2D eigenvalue weighted by atomic mass is 14.3. The standard InChI is InChI=1S/C12H24.C11H22.C10H20.C9H18.C8H16.C7H14/c1-3-6-11-8-5-9-12(10-11)7-4-2;1-3-5-10-7-8-11(9-10)6-4-2;1-3-9-6-5-7-10(4-2)8-9;1-3-8-5-6-9(4-2)7-8;1-7-4-3-5-8(2)6-7;1-6-3-4-7(2)5-6/h11-12H,3-10H2,1-2H3;10-11H,3-9H2,1-2H3;9-10H,3-8H2,1-2H3;8-9H,3-7H2,1-2H3;7-8H,3-6H2,1-2H3;6-7H,3-5H2,1-2H3. The molecular weight excluding hydrogens is 685 g/mol. The molecule has 0 heterocycles. The summed E-state index contributed by atoms with van der Waals surface area (Å²) in [6.45, 7) is 28.0. The molecule has 6 fully saturated rings. The van der Waals surface area contributed by atoms with Crippen LogP contribution in [0.25, 0.3) is 0 Å². The Morgan fingerprint density at radius 3 is 0.719 bits per heavy atom. The monoisotopic (exact) mass is 799 g/mol. The molecule has 0 aromatic heterocycles. The predicted octanol–water partition coefficient (Wildman–Crippen LogP) is 20.5. The van der Waals surface area contributed by atoms with Crippen molar-refractivity contribution >= 4 is 0 Å². The molecule has 0 aromatic carbocycles. The summed E-state index contributed by atoms with van der Waals surface area (Å²) >= 11 is 0. The van der Waals surface area contributed by atoms with Crippen molar-refractivity contribution in [1.29, 1.82) is 0 Å². The molecule has 12 unspecified atom stereocenters. The summed E-state index contributed by atoms with van der Waals surface area (Å²) in [5.74, 6) is 12.7. The van der Waals surface area contributed by atoms with Crippen LogP contribution in [-0.2, 0) is 0 Å². The SMILES string of the molecule is CC1CCC(C)C1.CC1CCCC(C)C1.CCC1CCC(CC)C1.CCC1CCCC(CC)C1.CCCC1CCC(CCC)C1.CCCC1CCCC(CCC)C1. The predicted molar refractivity (Wildman–Crippen MR) is 262 cm³/mol. The maximum atomic E-state index is 2.37. The van der Waals surface area contributed by atoms with Crippen LogP contribution in [0.2, 0.25) is 0 Å². The van der Waals surface area contributed by atoms with E-state index >= 15 is 0 Å². The highest BCUT2D eigenvalue weighted by Gasteiger charge is 2.24. The van der Waals surface area contributed by atoms with Crippen molar-refractivity contribution < 1.29 is 0 Å². The largest absolute Gasteiger partial charge is 0.0654 e. The Kier molecular flexibility index (Phi) is 34.3. The first-order chi connectivity index (χ1) is 27.5. The van der Waals surface area contributed by atoms with Gasteiger partial charge in [-0.05, 0) is 110 Å². The summed E-state index contributed by atoms with van der Waals surface area (Å²) in [4.78, 5) is 0. The molecule has 57 heavy (non-hydrogen) atoms. The van der Waals surface area contributed by atoms with Crippen molar-refractivity contribution in [1.82, 2.24) is 0 Å². The molecule has 6 saturated carbocycles. The van der Waals surface area contributed by atoms with Crippen molar-refractivity contribution in [2.75, 3.05) is 0 Å². The van der Waals surface area contributed by atoms with Crippen LogP contribution in [0.15, 0.2) is 0 Å². The first kappa shape index (κ1) is 55.0. The maximum Gasteiger partial charge on any atom is -0.0412 e. The Morgan fingerprint density at radius 1 is 0.246 bits per heavy atom. The van der Waals surface area contributed by atoms with Crippen molar-refractivity contribution in [2.24, 2.45) is 71.0 Å². The van der Waals surface area contributed by atoms with Crippen LogP contribution in [0, 0.1) is 71.0 Å². The molecule has 0 heteroatoms. The fraction of sp³-hybridized carbons (Fsp3) is 1.00. The van der Waals surface area contributed by atoms with E-state index in [0.717, 1.165) is 71.0 Å². The van der Waals surface area contributed by atoms with Gasteiger partial charge in [0, 0.05) is 0 Å². The zero-order valence-corrected chi connectivity index (χ0v) is 42.3. The third-order valence-electron chi connectivity index (χ3n) is 16.3. The van der Waals surface area contributed by atoms with E-state index in [-0.39, 0.29) is 0 Å². The van der Waals surface area contributed by atoms with Crippen LogP contribution >= 0.6 is 0 Å². The normalized spacial score (nSPS) is 34.7. The van der Waals surface area contributed by atoms with Crippen molar-refractivity contribution in [3.8, 4) is 0 Å². The smallest absolute Gasteiger partial charge is 0.0412 e. The molecule has 0 N–H and O–H groups in total. The van der Waals surface area contributed by atoms with Gasteiger partial charge in [-0.15, -0.1) is 0 Å². The Bertz CT molecular complexity index is 779. The first-order valence-electron chi connectivity index (χ1n) is 27.5. The lowest BCUT2D eigenvalue weighted by Crippen LogP contribution is -2.15. The fourth-order valence-corrected chi connectivity index (χ4v) is 12.6. The van der Waals surface area contributed by atoms with Gasteiger partial charge in [0.05, 0.1) is 0 Å². The molecule has 0 aromatic rings. The summed E-state index contributed by atoms with van der Waals surface area (Å²) in [5.41, 5.74) is 0. The average molecular weight is 800 g/mol. The van der Waals surface area contributed by atoms with Gasteiger partial charge in [-0.3, -0.25) is 0 Å². The van der Waals surface area contributed by atoms with Crippen LogP contribution in [0.5, 0.6) is 0 Å². The fourth-order valence-electron chi connectivity index (χ4n) is 12.6. The number of rotatable bonds is 12. The van der Waals surface area contributed by atoms with E-state index in [4.69, 9.17) is 0 Å². The number of hydrogen-bond acceptors (Lipinski definition) is 0. The van der Waals surface area contributed by atoms with Crippen LogP contribution in [0.1, 0.15) is 295 Å². The highest BCUT2D eigenvalue weighted by Crippen LogP contribution is 2.37. The van der Waals surface area contributed by atoms with Gasteiger partial charge in [0.2, 0.25) is 0 Å². The van der Waals surface area contributed by atoms with E-state index in [1.165, 1.54) is 199 Å². The van der Waals surface area contributed by atoms with Gasteiger partial charge in [0.15, 0.2) is 0 Å². The Hall–Kier alpha value is 0. The Morgan fingerprint density at radius 2 is 0.474 bits per heavy atom. The topological polar surface area (TPSA) is 0 Å². The third-order valence-corrected chi connectivity index (χ3v) is 16.3. The minimum absolute atomic E-state index is 1.01. The molecule has 6 rings (SSSR count). The zero-order chi connectivity index (χ0) is 42.3. The third kappa shape index (κ3) is 27.5. The van der Waals surface area contributed by atoms with Gasteiger partial charge >= 0.3 is 0 Å². The lowest BCUT2D eigenvalue weighted by atomic mass is 9.78. The van der Waals surface area contributed by atoms with E-state index in [1.54, 1.807) is 12.8 Å². The second-order valence-corrected chi connectivity index (χ2v) is 22.1. The molecule has 0 spiro atoms. The molecule has 6 aliphatic carbocycles. The van der Waals surface area contributed by atoms with Crippen molar-refractivity contribution in [2.45, 2.75) is 295 Å². The quantitative estimate of drug-likeness (QED) is 0.184. The van der Waals surface area contributed by atoms with Gasteiger partial charge in [0.1, 0.15) is 0 Å². The maximum absolute atomic E-state index is 2.37. The molecule has 0 nitrogen and oxygen atoms in total. The summed E-state index contributed by atoms with van der Waals surface area (Å²) < 4.78 is 0. The summed E-state index contributed by atoms with van der Waals surface area (Å²) in [7, 11) is 0. The lowest BCUT2D eigenvalue weighted by molar-refractivity contribution is 0.242. The lowest BCUT2D eigenvalue weighted by Gasteiger charge is -2.28. The van der Waals surface area contributed by atoms with E-state index in [9.17, 15) is 0 Å². The van der Waals surface area contributed by atoms with Gasteiger partial charge in [-0.1, -0.05) is 256 Å². The second-order valence-electron chi connectivity index (χ2n) is 22.1. The molecule has 0 saturated heterocycles. The Labute approximate surface area is 364 Å². The van der Waals surface area contributed by atoms with Gasteiger partial charge in [-0.2, -0.15) is 0 Å². The average Bonchev–Trinajstić information content (AvgIpc) is 3.98. The highest BCUT2D eigenvalue weighted by molar-refractivity contribution is 4.76. The van der Waals surface area contributed by atoms with Crippen molar-refractivity contribution in [3.05, 3.63) is 0 Å². The summed E-state index contributed by atoms with van der Waals surface area (Å²) in [6.07, 6.45) is 48.7. The molecule has 12 atom stereocenters. The van der Waals surface area contributed by atoms with E-state index < -0.39 is 0 Å². The minimum Gasteiger partial charge on any atom is -0.0654 e. The molecule has 0 bridgehead atoms. The van der Waals surface area contributed by atoms with Crippen LogP contribution in [0.4, 0.5) is 0 Å². The number of hydrogen-bond donors (Lipinski definition) is 0. The minimum atomic E-state index is 1.01. The second kappa shape index (κ2) is 35.6. The van der Waals surface area contributed by atoms with E-state index in [2.05, 4.69) is 83.1 Å². The molecule has 342 valence electrons. The zero-order valence-electron chi connectivity index (χ0n) is 42.3. The van der Waals surface area contributed by atoms with Crippen LogP contribution in [-0.4, -0.2) is 0 Å². The van der Waals surface area contributed by atoms with Gasteiger partial charge in [-0.25, -0.2) is 0 Å². The van der Waals surface area contributed by atoms with Gasteiger partial charge < -0.3 is 0 Å². The Balaban J connectivity index is 0.000000345. The van der Waals surface area contributed by atoms with E-state index in [0.29, 0.717) is 0 Å². The van der Waals surface area contributed by atoms with Crippen LogP contribution in [0.3, 0.4) is 0 Å². The molecule has 0 aliphatic heterocycles. The van der Waals surface area contributed by atoms with Gasteiger partial charge in [0.25, 0.3) is 0 Å². The van der Waals surface area contributed by atoms with E-state index in [1.807, 2.05) is 0 Å². The molecule has 0 amide bonds. The molecule has 0 radical (unpaired) electrons. The molecular formula is C57H114. The summed E-state index contributed by atoms with van der Waals surface area (Å²) in [6, 6.07) is 0. The first-order valence-corrected chi connectivity index (χ1v) is 27.5. The van der Waals surface area contributed by atoms with Crippen molar-refractivity contribution in [3.63, 3.8) is 0 Å². The van der Waals surface area contributed by atoms with Crippen LogP contribution < -0.4 is 0 Å².